The maximum Gasteiger partial charge on any atom is 0.203 e. The summed E-state index contributed by atoms with van der Waals surface area (Å²) < 4.78 is 15.8. The van der Waals surface area contributed by atoms with E-state index in [9.17, 15) is 0 Å². The highest BCUT2D eigenvalue weighted by molar-refractivity contribution is 7.80. The van der Waals surface area contributed by atoms with E-state index < -0.39 is 0 Å². The third-order valence-electron chi connectivity index (χ3n) is 2.33. The molecule has 0 spiro atoms. The second-order valence-corrected chi connectivity index (χ2v) is 3.87. The SMILES string of the molecule is COc1cc(NCCCS)cc(OC)c1OC. The predicted octanol–water partition coefficient (Wildman–Crippen LogP) is 2.44. The second kappa shape index (κ2) is 7.17. The van der Waals surface area contributed by atoms with Gasteiger partial charge in [0, 0.05) is 24.4 Å². The molecule has 17 heavy (non-hydrogen) atoms. The molecule has 0 bridgehead atoms. The Labute approximate surface area is 108 Å². The Morgan fingerprint density at radius 2 is 1.65 bits per heavy atom. The van der Waals surface area contributed by atoms with Crippen LogP contribution in [0.3, 0.4) is 0 Å². The number of methoxy groups -OCH3 is 3. The minimum absolute atomic E-state index is 0.606. The molecule has 1 N–H and O–H groups in total. The molecule has 0 saturated carbocycles. The lowest BCUT2D eigenvalue weighted by atomic mass is 10.2. The van der Waals surface area contributed by atoms with Crippen molar-refractivity contribution in [1.29, 1.82) is 0 Å². The van der Waals surface area contributed by atoms with Crippen molar-refractivity contribution in [3.8, 4) is 17.2 Å². The van der Waals surface area contributed by atoms with Crippen LogP contribution in [0.5, 0.6) is 17.2 Å². The van der Waals surface area contributed by atoms with Gasteiger partial charge in [-0.1, -0.05) is 0 Å². The summed E-state index contributed by atoms with van der Waals surface area (Å²) in [6.45, 7) is 0.863. The van der Waals surface area contributed by atoms with Gasteiger partial charge in [-0.25, -0.2) is 0 Å². The number of hydrogen-bond donors (Lipinski definition) is 2. The van der Waals surface area contributed by atoms with Crippen molar-refractivity contribution >= 4 is 18.3 Å². The van der Waals surface area contributed by atoms with E-state index in [0.717, 1.165) is 24.4 Å². The highest BCUT2D eigenvalue weighted by Crippen LogP contribution is 2.39. The van der Waals surface area contributed by atoms with Crippen molar-refractivity contribution in [2.75, 3.05) is 38.9 Å². The fourth-order valence-electron chi connectivity index (χ4n) is 1.49. The molecule has 96 valence electrons. The lowest BCUT2D eigenvalue weighted by Gasteiger charge is -2.14. The monoisotopic (exact) mass is 257 g/mol. The van der Waals surface area contributed by atoms with E-state index >= 15 is 0 Å². The Bertz CT molecular complexity index is 333. The van der Waals surface area contributed by atoms with E-state index in [0.29, 0.717) is 17.2 Å². The first-order valence-electron chi connectivity index (χ1n) is 5.41. The maximum absolute atomic E-state index is 5.27. The van der Waals surface area contributed by atoms with Crippen LogP contribution in [0.15, 0.2) is 12.1 Å². The first kappa shape index (κ1) is 13.8. The molecule has 1 aromatic carbocycles. The summed E-state index contributed by atoms with van der Waals surface area (Å²) in [7, 11) is 4.80. The second-order valence-electron chi connectivity index (χ2n) is 3.42. The largest absolute Gasteiger partial charge is 0.493 e. The lowest BCUT2D eigenvalue weighted by molar-refractivity contribution is 0.324. The molecule has 0 heterocycles. The number of thiol groups is 1. The summed E-state index contributed by atoms with van der Waals surface area (Å²) in [6.07, 6.45) is 1.000. The van der Waals surface area contributed by atoms with E-state index in [1.165, 1.54) is 0 Å². The fourth-order valence-corrected chi connectivity index (χ4v) is 1.65. The molecule has 0 unspecified atom stereocenters. The van der Waals surface area contributed by atoms with Gasteiger partial charge in [0.25, 0.3) is 0 Å². The van der Waals surface area contributed by atoms with Crippen LogP contribution < -0.4 is 19.5 Å². The number of nitrogens with one attached hydrogen (secondary N) is 1. The van der Waals surface area contributed by atoms with Crippen LogP contribution in [0.1, 0.15) is 6.42 Å². The zero-order valence-corrected chi connectivity index (χ0v) is 11.3. The van der Waals surface area contributed by atoms with Gasteiger partial charge in [-0.05, 0) is 12.2 Å². The number of hydrogen-bond acceptors (Lipinski definition) is 5. The van der Waals surface area contributed by atoms with Crippen LogP contribution >= 0.6 is 12.6 Å². The van der Waals surface area contributed by atoms with Gasteiger partial charge in [-0.15, -0.1) is 0 Å². The molecule has 0 aliphatic rings. The van der Waals surface area contributed by atoms with E-state index in [1.807, 2.05) is 12.1 Å². The van der Waals surface area contributed by atoms with Crippen molar-refractivity contribution in [3.63, 3.8) is 0 Å². The Morgan fingerprint density at radius 3 is 2.06 bits per heavy atom. The molecule has 0 fully saturated rings. The van der Waals surface area contributed by atoms with Crippen LogP contribution in [0.2, 0.25) is 0 Å². The average molecular weight is 257 g/mol. The fraction of sp³-hybridized carbons (Fsp3) is 0.500. The molecule has 0 saturated heterocycles. The van der Waals surface area contributed by atoms with Gasteiger partial charge >= 0.3 is 0 Å². The number of benzene rings is 1. The van der Waals surface area contributed by atoms with Crippen LogP contribution in [0.25, 0.3) is 0 Å². The molecule has 0 radical (unpaired) electrons. The topological polar surface area (TPSA) is 39.7 Å². The highest BCUT2D eigenvalue weighted by Gasteiger charge is 2.12. The number of ether oxygens (including phenoxy) is 3. The number of rotatable bonds is 7. The third-order valence-corrected chi connectivity index (χ3v) is 2.64. The molecule has 0 atom stereocenters. The van der Waals surface area contributed by atoms with Crippen LogP contribution in [-0.2, 0) is 0 Å². The van der Waals surface area contributed by atoms with Crippen LogP contribution in [0.4, 0.5) is 5.69 Å². The predicted molar refractivity (Wildman–Crippen MR) is 73.1 cm³/mol. The summed E-state index contributed by atoms with van der Waals surface area (Å²) in [4.78, 5) is 0. The lowest BCUT2D eigenvalue weighted by Crippen LogP contribution is -2.03. The van der Waals surface area contributed by atoms with Crippen molar-refractivity contribution in [1.82, 2.24) is 0 Å². The van der Waals surface area contributed by atoms with E-state index in [-0.39, 0.29) is 0 Å². The van der Waals surface area contributed by atoms with Gasteiger partial charge in [0.2, 0.25) is 5.75 Å². The maximum atomic E-state index is 5.27. The Kier molecular flexibility index (Phi) is 5.83. The molecule has 0 amide bonds. The third kappa shape index (κ3) is 3.63. The number of anilines is 1. The van der Waals surface area contributed by atoms with Gasteiger partial charge < -0.3 is 19.5 Å². The smallest absolute Gasteiger partial charge is 0.203 e. The molecule has 5 heteroatoms. The van der Waals surface area contributed by atoms with Crippen LogP contribution in [-0.4, -0.2) is 33.6 Å². The van der Waals surface area contributed by atoms with Gasteiger partial charge in [0.05, 0.1) is 21.3 Å². The van der Waals surface area contributed by atoms with E-state index in [2.05, 4.69) is 17.9 Å². The Morgan fingerprint density at radius 1 is 1.06 bits per heavy atom. The normalized spacial score (nSPS) is 9.88. The zero-order chi connectivity index (χ0) is 12.7. The summed E-state index contributed by atoms with van der Waals surface area (Å²) in [5, 5.41) is 3.28. The molecule has 4 nitrogen and oxygen atoms in total. The quantitative estimate of drug-likeness (QED) is 0.581. The Balaban J connectivity index is 2.92. The van der Waals surface area contributed by atoms with Gasteiger partial charge in [-0.2, -0.15) is 12.6 Å². The van der Waals surface area contributed by atoms with Crippen molar-refractivity contribution in [2.45, 2.75) is 6.42 Å². The zero-order valence-electron chi connectivity index (χ0n) is 10.4. The minimum atomic E-state index is 0.606. The summed E-state index contributed by atoms with van der Waals surface area (Å²) in [6, 6.07) is 3.78. The van der Waals surface area contributed by atoms with Gasteiger partial charge in [0.1, 0.15) is 0 Å². The summed E-state index contributed by atoms with van der Waals surface area (Å²) >= 11 is 4.17. The summed E-state index contributed by atoms with van der Waals surface area (Å²) in [5.74, 6) is 2.77. The molecule has 1 aromatic rings. The van der Waals surface area contributed by atoms with Crippen molar-refractivity contribution in [2.24, 2.45) is 0 Å². The molecule has 1 rings (SSSR count). The van der Waals surface area contributed by atoms with Gasteiger partial charge in [-0.3, -0.25) is 0 Å². The highest BCUT2D eigenvalue weighted by atomic mass is 32.1. The molecule has 0 aromatic heterocycles. The van der Waals surface area contributed by atoms with E-state index in [1.54, 1.807) is 21.3 Å². The molecule has 0 aliphatic carbocycles. The van der Waals surface area contributed by atoms with Crippen molar-refractivity contribution < 1.29 is 14.2 Å². The molecular formula is C12H19NO3S. The minimum Gasteiger partial charge on any atom is -0.493 e. The standard InChI is InChI=1S/C12H19NO3S/c1-14-10-7-9(13-5-4-6-17)8-11(15-2)12(10)16-3/h7-8,13,17H,4-6H2,1-3H3. The average Bonchev–Trinajstić information content (AvgIpc) is 2.37. The summed E-state index contributed by atoms with van der Waals surface area (Å²) in [5.41, 5.74) is 0.946. The molecular weight excluding hydrogens is 238 g/mol. The van der Waals surface area contributed by atoms with Gasteiger partial charge in [0.15, 0.2) is 11.5 Å². The first-order valence-corrected chi connectivity index (χ1v) is 6.04. The van der Waals surface area contributed by atoms with Crippen LogP contribution in [0, 0.1) is 0 Å². The first-order chi connectivity index (χ1) is 8.26. The molecule has 0 aliphatic heterocycles. The van der Waals surface area contributed by atoms with E-state index in [4.69, 9.17) is 14.2 Å². The van der Waals surface area contributed by atoms with Crippen molar-refractivity contribution in [3.05, 3.63) is 12.1 Å². The Hall–Kier alpha value is -1.23.